The highest BCUT2D eigenvalue weighted by Crippen LogP contribution is 2.37. The average molecular weight is 386 g/mol. The Bertz CT molecular complexity index is 954. The molecule has 0 aliphatic rings. The van der Waals surface area contributed by atoms with Crippen molar-refractivity contribution < 1.29 is 26.4 Å². The molecule has 1 amide bonds. The summed E-state index contributed by atoms with van der Waals surface area (Å²) in [6, 6.07) is 7.51. The molecule has 0 aliphatic heterocycles. The number of carbonyl (C=O) groups is 1. The van der Waals surface area contributed by atoms with Crippen molar-refractivity contribution in [3.05, 3.63) is 53.1 Å². The second-order valence-corrected chi connectivity index (χ2v) is 7.46. The van der Waals surface area contributed by atoms with Crippen LogP contribution >= 0.6 is 0 Å². The smallest absolute Gasteiger partial charge is 0.326 e. The first kappa shape index (κ1) is 19.8. The summed E-state index contributed by atoms with van der Waals surface area (Å²) in [4.78, 5) is 10.9. The van der Waals surface area contributed by atoms with Crippen LogP contribution in [0.3, 0.4) is 0 Å². The van der Waals surface area contributed by atoms with E-state index < -0.39 is 33.4 Å². The van der Waals surface area contributed by atoms with Gasteiger partial charge in [-0.05, 0) is 49.2 Å². The van der Waals surface area contributed by atoms with E-state index in [-0.39, 0.29) is 10.6 Å². The van der Waals surface area contributed by atoms with Gasteiger partial charge in [0.05, 0.1) is 16.1 Å². The average Bonchev–Trinajstić information content (AvgIpc) is 2.49. The number of rotatable bonds is 4. The molecule has 0 fully saturated rings. The van der Waals surface area contributed by atoms with Crippen LogP contribution in [0.2, 0.25) is 0 Å². The van der Waals surface area contributed by atoms with Crippen molar-refractivity contribution in [1.29, 1.82) is 0 Å². The van der Waals surface area contributed by atoms with Gasteiger partial charge in [-0.25, -0.2) is 8.42 Å². The third-order valence-electron chi connectivity index (χ3n) is 3.52. The van der Waals surface area contributed by atoms with Crippen molar-refractivity contribution >= 4 is 27.3 Å². The second-order valence-electron chi connectivity index (χ2n) is 5.81. The summed E-state index contributed by atoms with van der Waals surface area (Å²) < 4.78 is 67.2. The van der Waals surface area contributed by atoms with E-state index in [4.69, 9.17) is 0 Å². The summed E-state index contributed by atoms with van der Waals surface area (Å²) in [6.07, 6.45) is -4.81. The molecule has 0 spiro atoms. The number of amides is 1. The van der Waals surface area contributed by atoms with Crippen LogP contribution in [-0.2, 0) is 21.0 Å². The Morgan fingerprint density at radius 2 is 1.69 bits per heavy atom. The molecule has 9 heteroatoms. The Hall–Kier alpha value is -2.55. The van der Waals surface area contributed by atoms with Crippen molar-refractivity contribution in [2.24, 2.45) is 0 Å². The van der Waals surface area contributed by atoms with Crippen LogP contribution in [-0.4, -0.2) is 14.3 Å². The highest BCUT2D eigenvalue weighted by Gasteiger charge is 2.35. The minimum atomic E-state index is -4.81. The number of alkyl halides is 3. The van der Waals surface area contributed by atoms with Gasteiger partial charge >= 0.3 is 6.18 Å². The largest absolute Gasteiger partial charge is 0.418 e. The number of hydrogen-bond acceptors (Lipinski definition) is 3. The number of carbonyl (C=O) groups excluding carboxylic acids is 1. The van der Waals surface area contributed by atoms with E-state index in [2.05, 4.69) is 5.32 Å². The van der Waals surface area contributed by atoms with Crippen molar-refractivity contribution in [3.8, 4) is 0 Å². The van der Waals surface area contributed by atoms with E-state index in [0.29, 0.717) is 17.2 Å². The minimum Gasteiger partial charge on any atom is -0.326 e. The van der Waals surface area contributed by atoms with E-state index in [1.807, 2.05) is 4.72 Å². The van der Waals surface area contributed by atoms with E-state index in [9.17, 15) is 26.4 Å². The third kappa shape index (κ3) is 4.54. The lowest BCUT2D eigenvalue weighted by Gasteiger charge is -2.17. The summed E-state index contributed by atoms with van der Waals surface area (Å²) in [5.74, 6) is -0.540. The molecule has 0 atom stereocenters. The number of anilines is 2. The van der Waals surface area contributed by atoms with Gasteiger partial charge in [0.25, 0.3) is 10.0 Å². The van der Waals surface area contributed by atoms with Gasteiger partial charge in [0.1, 0.15) is 0 Å². The molecule has 2 rings (SSSR count). The predicted octanol–water partition coefficient (Wildman–Crippen LogP) is 4.08. The topological polar surface area (TPSA) is 75.3 Å². The molecule has 0 bridgehead atoms. The maximum atomic E-state index is 13.3. The molecule has 2 aromatic rings. The third-order valence-corrected chi connectivity index (χ3v) is 5.03. The van der Waals surface area contributed by atoms with Gasteiger partial charge in [0, 0.05) is 12.6 Å². The number of aryl methyl sites for hydroxylation is 2. The van der Waals surface area contributed by atoms with Gasteiger partial charge in [-0.1, -0.05) is 12.1 Å². The van der Waals surface area contributed by atoms with Crippen LogP contribution in [0.5, 0.6) is 0 Å². The summed E-state index contributed by atoms with van der Waals surface area (Å²) >= 11 is 0. The fourth-order valence-corrected chi connectivity index (χ4v) is 3.76. The van der Waals surface area contributed by atoms with Crippen LogP contribution in [0.1, 0.15) is 23.6 Å². The quantitative estimate of drug-likeness (QED) is 0.831. The standard InChI is InChI=1S/C17H17F3N2O3S/c1-10-4-5-11(2)16(8-10)26(24,25)22-15-7-6-13(21-12(3)23)9-14(15)17(18,19)20/h4-9,22H,1-3H3,(H,21,23). The number of halogens is 3. The fraction of sp³-hybridized carbons (Fsp3) is 0.235. The zero-order chi connectivity index (χ0) is 19.7. The fourth-order valence-electron chi connectivity index (χ4n) is 2.35. The lowest BCUT2D eigenvalue weighted by molar-refractivity contribution is -0.136. The molecular formula is C17H17F3N2O3S. The lowest BCUT2D eigenvalue weighted by atomic mass is 10.1. The zero-order valence-electron chi connectivity index (χ0n) is 14.2. The molecule has 26 heavy (non-hydrogen) atoms. The Kier molecular flexibility index (Phi) is 5.31. The number of sulfonamides is 1. The highest BCUT2D eigenvalue weighted by atomic mass is 32.2. The highest BCUT2D eigenvalue weighted by molar-refractivity contribution is 7.92. The maximum absolute atomic E-state index is 13.3. The Morgan fingerprint density at radius 3 is 2.27 bits per heavy atom. The molecule has 5 nitrogen and oxygen atoms in total. The molecule has 0 radical (unpaired) electrons. The Morgan fingerprint density at radius 1 is 1.04 bits per heavy atom. The number of benzene rings is 2. The molecule has 140 valence electrons. The summed E-state index contributed by atoms with van der Waals surface area (Å²) in [5, 5.41) is 2.24. The minimum absolute atomic E-state index is 0.0838. The normalized spacial score (nSPS) is 11.9. The van der Waals surface area contributed by atoms with E-state index in [1.165, 1.54) is 12.1 Å². The van der Waals surface area contributed by atoms with Gasteiger partial charge in [0.15, 0.2) is 0 Å². The summed E-state index contributed by atoms with van der Waals surface area (Å²) in [6.45, 7) is 4.39. The second kappa shape index (κ2) is 6.99. The molecule has 0 aromatic heterocycles. The predicted molar refractivity (Wildman–Crippen MR) is 92.5 cm³/mol. The van der Waals surface area contributed by atoms with Gasteiger partial charge < -0.3 is 5.32 Å². The molecule has 0 saturated heterocycles. The van der Waals surface area contributed by atoms with Crippen LogP contribution in [0, 0.1) is 13.8 Å². The SMILES string of the molecule is CC(=O)Nc1ccc(NS(=O)(=O)c2cc(C)ccc2C)c(C(F)(F)F)c1. The van der Waals surface area contributed by atoms with Crippen molar-refractivity contribution in [2.75, 3.05) is 10.0 Å². The van der Waals surface area contributed by atoms with Gasteiger partial charge in [0.2, 0.25) is 5.91 Å². The lowest BCUT2D eigenvalue weighted by Crippen LogP contribution is -2.18. The van der Waals surface area contributed by atoms with Crippen molar-refractivity contribution in [1.82, 2.24) is 0 Å². The molecule has 0 heterocycles. The first-order chi connectivity index (χ1) is 11.9. The molecule has 0 unspecified atom stereocenters. The molecule has 2 aromatic carbocycles. The van der Waals surface area contributed by atoms with E-state index in [1.54, 1.807) is 26.0 Å². The first-order valence-electron chi connectivity index (χ1n) is 7.49. The Labute approximate surface area is 149 Å². The molecular weight excluding hydrogens is 369 g/mol. The number of nitrogens with one attached hydrogen (secondary N) is 2. The van der Waals surface area contributed by atoms with Crippen molar-refractivity contribution in [2.45, 2.75) is 31.8 Å². The Balaban J connectivity index is 2.51. The summed E-state index contributed by atoms with van der Waals surface area (Å²) in [5.41, 5.74) is -0.829. The molecule has 0 saturated carbocycles. The number of hydrogen-bond donors (Lipinski definition) is 2. The maximum Gasteiger partial charge on any atom is 0.418 e. The van der Waals surface area contributed by atoms with E-state index >= 15 is 0 Å². The summed E-state index contributed by atoms with van der Waals surface area (Å²) in [7, 11) is -4.22. The van der Waals surface area contributed by atoms with Crippen LogP contribution in [0.25, 0.3) is 0 Å². The van der Waals surface area contributed by atoms with Gasteiger partial charge in [-0.15, -0.1) is 0 Å². The van der Waals surface area contributed by atoms with Crippen LogP contribution in [0.4, 0.5) is 24.5 Å². The zero-order valence-corrected chi connectivity index (χ0v) is 15.0. The van der Waals surface area contributed by atoms with E-state index in [0.717, 1.165) is 13.0 Å². The van der Waals surface area contributed by atoms with Gasteiger partial charge in [-0.2, -0.15) is 13.2 Å². The molecule has 2 N–H and O–H groups in total. The monoisotopic (exact) mass is 386 g/mol. The first-order valence-corrected chi connectivity index (χ1v) is 8.97. The van der Waals surface area contributed by atoms with Gasteiger partial charge in [-0.3, -0.25) is 9.52 Å². The van der Waals surface area contributed by atoms with Crippen LogP contribution in [0.15, 0.2) is 41.3 Å². The molecule has 0 aliphatic carbocycles. The van der Waals surface area contributed by atoms with Crippen LogP contribution < -0.4 is 10.0 Å². The van der Waals surface area contributed by atoms with Crippen molar-refractivity contribution in [3.63, 3.8) is 0 Å².